The van der Waals surface area contributed by atoms with E-state index in [2.05, 4.69) is 20.4 Å². The van der Waals surface area contributed by atoms with Crippen LogP contribution in [0.3, 0.4) is 0 Å². The van der Waals surface area contributed by atoms with Crippen LogP contribution >= 0.6 is 0 Å². The third-order valence-electron chi connectivity index (χ3n) is 2.80. The van der Waals surface area contributed by atoms with Crippen LogP contribution in [0.4, 0.5) is 0 Å². The first-order valence-electron chi connectivity index (χ1n) is 5.73. The molecule has 19 heavy (non-hydrogen) atoms. The Labute approximate surface area is 108 Å². The molecule has 8 heteroatoms. The van der Waals surface area contributed by atoms with Gasteiger partial charge in [-0.2, -0.15) is 10.1 Å². The number of aliphatic carboxylic acids is 1. The van der Waals surface area contributed by atoms with Crippen molar-refractivity contribution >= 4 is 17.7 Å². The molecule has 0 radical (unpaired) electrons. The van der Waals surface area contributed by atoms with Gasteiger partial charge in [-0.1, -0.05) is 6.92 Å². The molecule has 2 aromatic rings. The molecule has 0 unspecified atom stereocenters. The number of aryl methyl sites for hydroxylation is 1. The smallest absolute Gasteiger partial charge is 0.326 e. The molecule has 2 rings (SSSR count). The molecule has 0 aliphatic carbocycles. The summed E-state index contributed by atoms with van der Waals surface area (Å²) in [5, 5.41) is 15.3. The van der Waals surface area contributed by atoms with Gasteiger partial charge in [0.1, 0.15) is 12.4 Å². The quantitative estimate of drug-likeness (QED) is 0.805. The lowest BCUT2D eigenvalue weighted by molar-refractivity contribution is -0.139. The summed E-state index contributed by atoms with van der Waals surface area (Å²) in [5.41, 5.74) is 0.831. The Hall–Kier alpha value is -2.51. The zero-order valence-electron chi connectivity index (χ0n) is 10.5. The number of carbonyl (C=O) groups is 2. The molecule has 0 fully saturated rings. The number of hydrogen-bond donors (Lipinski definition) is 2. The number of aromatic nitrogens is 4. The number of fused-ring (bicyclic) bond motifs is 1. The monoisotopic (exact) mass is 263 g/mol. The Morgan fingerprint density at radius 3 is 2.84 bits per heavy atom. The number of amides is 1. The lowest BCUT2D eigenvalue weighted by Gasteiger charge is -2.13. The van der Waals surface area contributed by atoms with Crippen molar-refractivity contribution in [1.82, 2.24) is 24.9 Å². The zero-order valence-corrected chi connectivity index (χ0v) is 10.5. The van der Waals surface area contributed by atoms with E-state index in [4.69, 9.17) is 5.11 Å². The molecule has 2 aromatic heterocycles. The number of nitrogens with one attached hydrogen (secondary N) is 1. The van der Waals surface area contributed by atoms with E-state index in [1.165, 1.54) is 17.0 Å². The van der Waals surface area contributed by atoms with Crippen molar-refractivity contribution in [2.75, 3.05) is 0 Å². The molecule has 0 aromatic carbocycles. The first-order chi connectivity index (χ1) is 9.04. The minimum Gasteiger partial charge on any atom is -0.480 e. The number of carboxylic acid groups (broad SMARTS) is 1. The molecule has 0 saturated heterocycles. The van der Waals surface area contributed by atoms with Crippen LogP contribution in [0.15, 0.2) is 12.5 Å². The van der Waals surface area contributed by atoms with Gasteiger partial charge in [0.25, 0.3) is 11.7 Å². The topological polar surface area (TPSA) is 109 Å². The highest BCUT2D eigenvalue weighted by Crippen LogP contribution is 2.08. The van der Waals surface area contributed by atoms with Crippen molar-refractivity contribution in [3.63, 3.8) is 0 Å². The Morgan fingerprint density at radius 1 is 1.47 bits per heavy atom. The lowest BCUT2D eigenvalue weighted by atomic mass is 10.2. The van der Waals surface area contributed by atoms with Crippen molar-refractivity contribution in [3.05, 3.63) is 23.8 Å². The molecule has 100 valence electrons. The predicted molar refractivity (Wildman–Crippen MR) is 64.7 cm³/mol. The molecule has 2 heterocycles. The van der Waals surface area contributed by atoms with Gasteiger partial charge in [-0.25, -0.2) is 14.3 Å². The zero-order chi connectivity index (χ0) is 14.0. The highest BCUT2D eigenvalue weighted by Gasteiger charge is 2.20. The summed E-state index contributed by atoms with van der Waals surface area (Å²) in [6, 6.07) is -0.918. The van der Waals surface area contributed by atoms with Crippen molar-refractivity contribution in [2.24, 2.45) is 0 Å². The van der Waals surface area contributed by atoms with E-state index < -0.39 is 17.9 Å². The van der Waals surface area contributed by atoms with Gasteiger partial charge in [0.2, 0.25) is 0 Å². The molecular weight excluding hydrogens is 250 g/mol. The molecular formula is C11H13N5O3. The van der Waals surface area contributed by atoms with Crippen LogP contribution in [0.2, 0.25) is 0 Å². The van der Waals surface area contributed by atoms with E-state index in [0.717, 1.165) is 0 Å². The van der Waals surface area contributed by atoms with Gasteiger partial charge in [0.05, 0.1) is 11.3 Å². The third-order valence-corrected chi connectivity index (χ3v) is 2.80. The minimum absolute atomic E-state index is 0.276. The Morgan fingerprint density at radius 2 is 2.21 bits per heavy atom. The first-order valence-corrected chi connectivity index (χ1v) is 5.73. The minimum atomic E-state index is -1.07. The fourth-order valence-corrected chi connectivity index (χ4v) is 1.69. The predicted octanol–water partition coefficient (Wildman–Crippen LogP) is 0.0257. The summed E-state index contributed by atoms with van der Waals surface area (Å²) in [6.07, 6.45) is 3.01. The Balaban J connectivity index is 2.31. The number of nitrogens with zero attached hydrogens (tertiary/aromatic N) is 4. The number of hydrogen-bond acceptors (Lipinski definition) is 5. The largest absolute Gasteiger partial charge is 0.480 e. The maximum absolute atomic E-state index is 12.0. The molecule has 1 atom stereocenters. The number of rotatable bonds is 4. The summed E-state index contributed by atoms with van der Waals surface area (Å²) in [5.74, 6) is -1.17. The number of carboxylic acids is 1. The Kier molecular flexibility index (Phi) is 3.41. The average Bonchev–Trinajstić information content (AvgIpc) is 2.84. The highest BCUT2D eigenvalue weighted by atomic mass is 16.4. The van der Waals surface area contributed by atoms with Gasteiger partial charge in [-0.3, -0.25) is 4.79 Å². The molecule has 0 aliphatic rings. The fourth-order valence-electron chi connectivity index (χ4n) is 1.69. The maximum atomic E-state index is 12.0. The van der Waals surface area contributed by atoms with E-state index in [1.807, 2.05) is 0 Å². The maximum Gasteiger partial charge on any atom is 0.326 e. The van der Waals surface area contributed by atoms with Crippen LogP contribution in [0.1, 0.15) is 29.4 Å². The molecule has 1 amide bonds. The molecule has 0 saturated carbocycles. The van der Waals surface area contributed by atoms with E-state index >= 15 is 0 Å². The summed E-state index contributed by atoms with van der Waals surface area (Å²) < 4.78 is 1.43. The summed E-state index contributed by atoms with van der Waals surface area (Å²) in [7, 11) is 0. The van der Waals surface area contributed by atoms with Crippen LogP contribution in [0.25, 0.3) is 5.78 Å². The fraction of sp³-hybridized carbons (Fsp3) is 0.364. The van der Waals surface area contributed by atoms with E-state index in [-0.39, 0.29) is 5.56 Å². The normalized spacial score (nSPS) is 12.3. The second-order valence-corrected chi connectivity index (χ2v) is 4.00. The van der Waals surface area contributed by atoms with Crippen molar-refractivity contribution < 1.29 is 14.7 Å². The standard InChI is InChI=1S/C11H13N5O3/c1-3-8(10(18)19)15-9(17)7-4-12-11-13-5-14-16(11)6(7)2/h4-5,8H,3H2,1-2H3,(H,15,17)(H,18,19)/t8-/m0/s1. The van der Waals surface area contributed by atoms with E-state index in [9.17, 15) is 9.59 Å². The van der Waals surface area contributed by atoms with Crippen LogP contribution in [0.5, 0.6) is 0 Å². The molecule has 8 nitrogen and oxygen atoms in total. The number of carbonyl (C=O) groups excluding carboxylic acids is 1. The van der Waals surface area contributed by atoms with Gasteiger partial charge in [-0.05, 0) is 13.3 Å². The van der Waals surface area contributed by atoms with Gasteiger partial charge in [0, 0.05) is 6.20 Å². The van der Waals surface area contributed by atoms with Crippen molar-refractivity contribution in [2.45, 2.75) is 26.3 Å². The highest BCUT2D eigenvalue weighted by molar-refractivity contribution is 5.97. The van der Waals surface area contributed by atoms with Crippen LogP contribution < -0.4 is 5.32 Å². The second kappa shape index (κ2) is 5.01. The molecule has 2 N–H and O–H groups in total. The van der Waals surface area contributed by atoms with Crippen molar-refractivity contribution in [1.29, 1.82) is 0 Å². The third kappa shape index (κ3) is 2.37. The van der Waals surface area contributed by atoms with E-state index in [1.54, 1.807) is 13.8 Å². The van der Waals surface area contributed by atoms with Gasteiger partial charge in [0.15, 0.2) is 0 Å². The average molecular weight is 263 g/mol. The van der Waals surface area contributed by atoms with Crippen molar-refractivity contribution in [3.8, 4) is 0 Å². The lowest BCUT2D eigenvalue weighted by Crippen LogP contribution is -2.40. The summed E-state index contributed by atoms with van der Waals surface area (Å²) in [6.45, 7) is 3.38. The SMILES string of the molecule is CC[C@H](NC(=O)c1cnc2ncnn2c1C)C(=O)O. The Bertz CT molecular complexity index is 636. The van der Waals surface area contributed by atoms with Gasteiger partial charge >= 0.3 is 5.97 Å². The van der Waals surface area contributed by atoms with Gasteiger partial charge < -0.3 is 10.4 Å². The first kappa shape index (κ1) is 12.9. The van der Waals surface area contributed by atoms with Crippen LogP contribution in [-0.4, -0.2) is 42.6 Å². The summed E-state index contributed by atoms with van der Waals surface area (Å²) in [4.78, 5) is 30.8. The second-order valence-electron chi connectivity index (χ2n) is 4.00. The van der Waals surface area contributed by atoms with Gasteiger partial charge in [-0.15, -0.1) is 0 Å². The molecule has 0 bridgehead atoms. The summed E-state index contributed by atoms with van der Waals surface area (Å²) >= 11 is 0. The van der Waals surface area contributed by atoms with E-state index in [0.29, 0.717) is 17.9 Å². The van der Waals surface area contributed by atoms with Crippen LogP contribution in [0, 0.1) is 6.92 Å². The molecule has 0 spiro atoms. The van der Waals surface area contributed by atoms with Crippen LogP contribution in [-0.2, 0) is 4.79 Å². The molecule has 0 aliphatic heterocycles.